The maximum absolute atomic E-state index is 11.3. The van der Waals surface area contributed by atoms with E-state index in [-0.39, 0.29) is 11.8 Å². The number of carbonyl (C=O) groups is 1. The summed E-state index contributed by atoms with van der Waals surface area (Å²) in [5, 5.41) is 0. The van der Waals surface area contributed by atoms with E-state index < -0.39 is 0 Å². The van der Waals surface area contributed by atoms with E-state index in [9.17, 15) is 4.79 Å². The van der Waals surface area contributed by atoms with Gasteiger partial charge in [-0.05, 0) is 29.2 Å². The minimum absolute atomic E-state index is 0.201. The Morgan fingerprint density at radius 2 is 1.94 bits per heavy atom. The van der Waals surface area contributed by atoms with Crippen molar-refractivity contribution in [3.05, 3.63) is 54.4 Å². The molecule has 1 heterocycles. The summed E-state index contributed by atoms with van der Waals surface area (Å²) in [6.07, 6.45) is 4.29. The van der Waals surface area contributed by atoms with Crippen molar-refractivity contribution < 1.29 is 4.79 Å². The molecule has 0 bridgehead atoms. The van der Waals surface area contributed by atoms with E-state index in [0.29, 0.717) is 0 Å². The summed E-state index contributed by atoms with van der Waals surface area (Å²) in [6.45, 7) is 1.96. The zero-order valence-electron chi connectivity index (χ0n) is 10.3. The fraction of sp³-hybridized carbons (Fsp3) is 0.200. The number of hydrogen-bond donors (Lipinski definition) is 1. The van der Waals surface area contributed by atoms with Crippen LogP contribution in [0.3, 0.4) is 0 Å². The zero-order chi connectivity index (χ0) is 13.0. The highest BCUT2D eigenvalue weighted by molar-refractivity contribution is 5.82. The van der Waals surface area contributed by atoms with Gasteiger partial charge in [-0.1, -0.05) is 37.3 Å². The Labute approximate surface area is 107 Å². The number of amides is 1. The van der Waals surface area contributed by atoms with Crippen molar-refractivity contribution in [3.8, 4) is 11.1 Å². The zero-order valence-corrected chi connectivity index (χ0v) is 10.3. The molecule has 1 aromatic heterocycles. The smallest absolute Gasteiger partial charge is 0.224 e. The second kappa shape index (κ2) is 5.45. The second-order valence-electron chi connectivity index (χ2n) is 4.23. The van der Waals surface area contributed by atoms with Gasteiger partial charge in [-0.25, -0.2) is 0 Å². The third kappa shape index (κ3) is 2.56. The molecule has 1 unspecified atom stereocenters. The van der Waals surface area contributed by atoms with E-state index in [0.717, 1.165) is 23.1 Å². The molecule has 0 saturated heterocycles. The summed E-state index contributed by atoms with van der Waals surface area (Å²) in [6, 6.07) is 11.8. The van der Waals surface area contributed by atoms with Crippen LogP contribution in [0, 0.1) is 0 Å². The summed E-state index contributed by atoms with van der Waals surface area (Å²) in [4.78, 5) is 15.4. The Morgan fingerprint density at radius 3 is 2.44 bits per heavy atom. The largest absolute Gasteiger partial charge is 0.369 e. The van der Waals surface area contributed by atoms with Gasteiger partial charge < -0.3 is 5.73 Å². The molecule has 1 amide bonds. The lowest BCUT2D eigenvalue weighted by Gasteiger charge is -2.11. The Hall–Kier alpha value is -2.16. The maximum atomic E-state index is 11.3. The highest BCUT2D eigenvalue weighted by atomic mass is 16.1. The molecular weight excluding hydrogens is 224 g/mol. The van der Waals surface area contributed by atoms with Gasteiger partial charge >= 0.3 is 0 Å². The molecule has 2 N–H and O–H groups in total. The van der Waals surface area contributed by atoms with Gasteiger partial charge in [0.2, 0.25) is 5.91 Å². The fourth-order valence-corrected chi connectivity index (χ4v) is 2.04. The van der Waals surface area contributed by atoms with E-state index in [4.69, 9.17) is 5.73 Å². The summed E-state index contributed by atoms with van der Waals surface area (Å²) < 4.78 is 0. The van der Waals surface area contributed by atoms with E-state index in [1.165, 1.54) is 0 Å². The van der Waals surface area contributed by atoms with Crippen molar-refractivity contribution in [1.82, 2.24) is 4.98 Å². The minimum Gasteiger partial charge on any atom is -0.369 e. The van der Waals surface area contributed by atoms with Crippen LogP contribution < -0.4 is 5.73 Å². The highest BCUT2D eigenvalue weighted by Gasteiger charge is 2.14. The fourth-order valence-electron chi connectivity index (χ4n) is 2.04. The number of rotatable bonds is 4. The van der Waals surface area contributed by atoms with Crippen molar-refractivity contribution in [2.75, 3.05) is 0 Å². The van der Waals surface area contributed by atoms with Gasteiger partial charge in [0.25, 0.3) is 0 Å². The topological polar surface area (TPSA) is 56.0 Å². The lowest BCUT2D eigenvalue weighted by Crippen LogP contribution is -2.20. The molecule has 0 aliphatic rings. The normalized spacial score (nSPS) is 12.1. The van der Waals surface area contributed by atoms with E-state index in [1.54, 1.807) is 6.20 Å². The summed E-state index contributed by atoms with van der Waals surface area (Å²) in [5.74, 6) is -0.473. The third-order valence-corrected chi connectivity index (χ3v) is 3.06. The number of primary amides is 1. The molecule has 1 aromatic carbocycles. The van der Waals surface area contributed by atoms with Gasteiger partial charge in [0, 0.05) is 12.4 Å². The minimum atomic E-state index is -0.272. The Kier molecular flexibility index (Phi) is 3.72. The van der Waals surface area contributed by atoms with Crippen LogP contribution in [0.2, 0.25) is 0 Å². The molecule has 2 aromatic rings. The Balaban J connectivity index is 2.28. The van der Waals surface area contributed by atoms with Gasteiger partial charge in [-0.3, -0.25) is 9.78 Å². The average molecular weight is 240 g/mol. The van der Waals surface area contributed by atoms with Crippen molar-refractivity contribution in [1.29, 1.82) is 0 Å². The molecule has 0 aliphatic heterocycles. The predicted molar refractivity (Wildman–Crippen MR) is 71.9 cm³/mol. The van der Waals surface area contributed by atoms with Crippen LogP contribution in [0.4, 0.5) is 0 Å². The maximum Gasteiger partial charge on any atom is 0.224 e. The Bertz CT molecular complexity index is 520. The number of hydrogen-bond acceptors (Lipinski definition) is 2. The average Bonchev–Trinajstić information content (AvgIpc) is 2.41. The first-order valence-corrected chi connectivity index (χ1v) is 6.02. The molecule has 0 saturated carbocycles. The number of pyridine rings is 1. The molecule has 0 aliphatic carbocycles. The molecule has 3 nitrogen and oxygen atoms in total. The van der Waals surface area contributed by atoms with Crippen LogP contribution in [0.5, 0.6) is 0 Å². The third-order valence-electron chi connectivity index (χ3n) is 3.06. The summed E-state index contributed by atoms with van der Waals surface area (Å²) >= 11 is 0. The predicted octanol–water partition coefficient (Wildman–Crippen LogP) is 2.73. The van der Waals surface area contributed by atoms with Gasteiger partial charge in [0.1, 0.15) is 0 Å². The van der Waals surface area contributed by atoms with E-state index in [2.05, 4.69) is 4.98 Å². The lowest BCUT2D eigenvalue weighted by molar-refractivity contribution is -0.119. The first-order chi connectivity index (χ1) is 8.72. The highest BCUT2D eigenvalue weighted by Crippen LogP contribution is 2.23. The molecular formula is C15H16N2O. The summed E-state index contributed by atoms with van der Waals surface area (Å²) in [5.41, 5.74) is 8.50. The van der Waals surface area contributed by atoms with E-state index >= 15 is 0 Å². The molecule has 3 heteroatoms. The number of aromatic nitrogens is 1. The van der Waals surface area contributed by atoms with Crippen molar-refractivity contribution in [2.45, 2.75) is 19.3 Å². The van der Waals surface area contributed by atoms with Crippen LogP contribution in [-0.2, 0) is 4.79 Å². The SMILES string of the molecule is CCC(C(N)=O)c1ccc(-c2cccnc2)cc1. The van der Waals surface area contributed by atoms with Gasteiger partial charge in [0.05, 0.1) is 5.92 Å². The second-order valence-corrected chi connectivity index (χ2v) is 4.23. The molecule has 1 atom stereocenters. The number of carbonyl (C=O) groups excluding carboxylic acids is 1. The molecule has 0 fully saturated rings. The van der Waals surface area contributed by atoms with Gasteiger partial charge in [0.15, 0.2) is 0 Å². The summed E-state index contributed by atoms with van der Waals surface area (Å²) in [7, 11) is 0. The first-order valence-electron chi connectivity index (χ1n) is 6.02. The number of benzene rings is 1. The molecule has 18 heavy (non-hydrogen) atoms. The number of nitrogens with two attached hydrogens (primary N) is 1. The van der Waals surface area contributed by atoms with Gasteiger partial charge in [-0.15, -0.1) is 0 Å². The van der Waals surface area contributed by atoms with Crippen LogP contribution in [0.25, 0.3) is 11.1 Å². The van der Waals surface area contributed by atoms with Crippen molar-refractivity contribution in [3.63, 3.8) is 0 Å². The van der Waals surface area contributed by atoms with E-state index in [1.807, 2.05) is 49.5 Å². The Morgan fingerprint density at radius 1 is 1.22 bits per heavy atom. The van der Waals surface area contributed by atoms with Crippen LogP contribution in [0.1, 0.15) is 24.8 Å². The van der Waals surface area contributed by atoms with Crippen molar-refractivity contribution >= 4 is 5.91 Å². The standard InChI is InChI=1S/C15H16N2O/c1-2-14(15(16)18)12-7-5-11(6-8-12)13-4-3-9-17-10-13/h3-10,14H,2H2,1H3,(H2,16,18). The quantitative estimate of drug-likeness (QED) is 0.893. The van der Waals surface area contributed by atoms with Crippen molar-refractivity contribution in [2.24, 2.45) is 5.73 Å². The first kappa shape index (κ1) is 12.3. The lowest BCUT2D eigenvalue weighted by atomic mass is 9.94. The molecule has 2 rings (SSSR count). The van der Waals surface area contributed by atoms with Gasteiger partial charge in [-0.2, -0.15) is 0 Å². The molecule has 0 spiro atoms. The molecule has 92 valence electrons. The number of nitrogens with zero attached hydrogens (tertiary/aromatic N) is 1. The molecule has 0 radical (unpaired) electrons. The van der Waals surface area contributed by atoms with Crippen LogP contribution in [-0.4, -0.2) is 10.9 Å². The van der Waals surface area contributed by atoms with Crippen LogP contribution >= 0.6 is 0 Å². The van der Waals surface area contributed by atoms with Crippen LogP contribution in [0.15, 0.2) is 48.8 Å². The monoisotopic (exact) mass is 240 g/mol.